The lowest BCUT2D eigenvalue weighted by Gasteiger charge is -2.24. The third-order valence-corrected chi connectivity index (χ3v) is 4.83. The Hall–Kier alpha value is -1.39. The van der Waals surface area contributed by atoms with Crippen molar-refractivity contribution in [1.82, 2.24) is 10.2 Å². The van der Waals surface area contributed by atoms with Crippen molar-refractivity contribution in [3.63, 3.8) is 0 Å². The number of rotatable bonds is 3. The Morgan fingerprint density at radius 2 is 2.19 bits per heavy atom. The Kier molecular flexibility index (Phi) is 4.27. The summed E-state index contributed by atoms with van der Waals surface area (Å²) in [6, 6.07) is 6.66. The number of fused-ring (bicyclic) bond motifs is 1. The van der Waals surface area contributed by atoms with Gasteiger partial charge in [0.1, 0.15) is 0 Å². The van der Waals surface area contributed by atoms with Crippen LogP contribution in [0.3, 0.4) is 0 Å². The fourth-order valence-corrected chi connectivity index (χ4v) is 3.49. The molecule has 21 heavy (non-hydrogen) atoms. The van der Waals surface area contributed by atoms with Crippen LogP contribution in [0.4, 0.5) is 5.69 Å². The second-order valence-corrected chi connectivity index (χ2v) is 6.50. The van der Waals surface area contributed by atoms with Crippen LogP contribution in [0.15, 0.2) is 18.2 Å². The van der Waals surface area contributed by atoms with Gasteiger partial charge in [0.25, 0.3) is 0 Å². The smallest absolute Gasteiger partial charge is 0.238 e. The van der Waals surface area contributed by atoms with Crippen LogP contribution in [0.5, 0.6) is 0 Å². The molecular formula is C17H25N3O. The van der Waals surface area contributed by atoms with E-state index in [2.05, 4.69) is 35.4 Å². The number of aryl methyl sites for hydroxylation is 2. The molecule has 2 unspecified atom stereocenters. The van der Waals surface area contributed by atoms with Gasteiger partial charge >= 0.3 is 0 Å². The maximum Gasteiger partial charge on any atom is 0.238 e. The number of piperidine rings is 1. The van der Waals surface area contributed by atoms with Gasteiger partial charge in [-0.05, 0) is 62.4 Å². The van der Waals surface area contributed by atoms with Gasteiger partial charge in [0.05, 0.1) is 6.54 Å². The van der Waals surface area contributed by atoms with Crippen LogP contribution in [0.1, 0.15) is 24.0 Å². The first kappa shape index (κ1) is 14.5. The minimum absolute atomic E-state index is 0.0944. The number of nitrogens with one attached hydrogen (secondary N) is 2. The maximum atomic E-state index is 12.2. The Labute approximate surface area is 126 Å². The monoisotopic (exact) mass is 287 g/mol. The number of carbonyl (C=O) groups is 1. The second kappa shape index (κ2) is 6.16. The fourth-order valence-electron chi connectivity index (χ4n) is 3.49. The first-order valence-corrected chi connectivity index (χ1v) is 7.94. The molecule has 4 nitrogen and oxygen atoms in total. The van der Waals surface area contributed by atoms with Crippen molar-refractivity contribution >= 4 is 11.6 Å². The van der Waals surface area contributed by atoms with Crippen LogP contribution in [-0.2, 0) is 4.79 Å². The van der Waals surface area contributed by atoms with E-state index in [1.807, 2.05) is 12.1 Å². The first-order chi connectivity index (χ1) is 10.1. The molecule has 2 saturated heterocycles. The molecule has 2 aliphatic heterocycles. The molecule has 2 heterocycles. The Bertz CT molecular complexity index is 515. The van der Waals surface area contributed by atoms with E-state index in [-0.39, 0.29) is 5.91 Å². The van der Waals surface area contributed by atoms with E-state index in [1.165, 1.54) is 24.0 Å². The molecule has 2 fully saturated rings. The average molecular weight is 287 g/mol. The van der Waals surface area contributed by atoms with E-state index in [9.17, 15) is 4.79 Å². The molecule has 0 spiro atoms. The molecule has 1 amide bonds. The van der Waals surface area contributed by atoms with Gasteiger partial charge in [0, 0.05) is 24.8 Å². The van der Waals surface area contributed by atoms with Crippen molar-refractivity contribution in [3.05, 3.63) is 29.3 Å². The van der Waals surface area contributed by atoms with Crippen molar-refractivity contribution in [1.29, 1.82) is 0 Å². The van der Waals surface area contributed by atoms with E-state index in [1.54, 1.807) is 0 Å². The Morgan fingerprint density at radius 1 is 1.33 bits per heavy atom. The highest BCUT2D eigenvalue weighted by Crippen LogP contribution is 2.24. The van der Waals surface area contributed by atoms with Gasteiger partial charge in [-0.2, -0.15) is 0 Å². The fraction of sp³-hybridized carbons (Fsp3) is 0.588. The summed E-state index contributed by atoms with van der Waals surface area (Å²) in [5, 5.41) is 6.59. The molecule has 2 N–H and O–H groups in total. The van der Waals surface area contributed by atoms with Crippen LogP contribution in [0.2, 0.25) is 0 Å². The van der Waals surface area contributed by atoms with Crippen molar-refractivity contribution in [3.8, 4) is 0 Å². The lowest BCUT2D eigenvalue weighted by Crippen LogP contribution is -2.41. The zero-order valence-corrected chi connectivity index (χ0v) is 13.0. The highest BCUT2D eigenvalue weighted by atomic mass is 16.2. The molecule has 114 valence electrons. The minimum atomic E-state index is 0.0944. The summed E-state index contributed by atoms with van der Waals surface area (Å²) in [4.78, 5) is 14.5. The molecule has 4 heteroatoms. The quantitative estimate of drug-likeness (QED) is 0.893. The summed E-state index contributed by atoms with van der Waals surface area (Å²) < 4.78 is 0. The second-order valence-electron chi connectivity index (χ2n) is 6.50. The molecule has 1 aromatic carbocycles. The lowest BCUT2D eigenvalue weighted by molar-refractivity contribution is -0.117. The Morgan fingerprint density at radius 3 is 2.95 bits per heavy atom. The summed E-state index contributed by atoms with van der Waals surface area (Å²) in [6.45, 7) is 7.84. The van der Waals surface area contributed by atoms with Crippen LogP contribution >= 0.6 is 0 Å². The zero-order valence-electron chi connectivity index (χ0n) is 13.0. The van der Waals surface area contributed by atoms with E-state index >= 15 is 0 Å². The Balaban J connectivity index is 1.53. The predicted molar refractivity (Wildman–Crippen MR) is 85.5 cm³/mol. The van der Waals surface area contributed by atoms with Gasteiger partial charge in [-0.15, -0.1) is 0 Å². The zero-order chi connectivity index (χ0) is 14.8. The number of hydrogen-bond acceptors (Lipinski definition) is 3. The molecule has 3 rings (SSSR count). The SMILES string of the molecule is Cc1ccc(NC(=O)CN2CC3CCCNC3C2)cc1C. The third kappa shape index (κ3) is 3.44. The van der Waals surface area contributed by atoms with Gasteiger partial charge in [-0.3, -0.25) is 9.69 Å². The van der Waals surface area contributed by atoms with E-state index in [0.29, 0.717) is 12.6 Å². The molecule has 2 aliphatic rings. The maximum absolute atomic E-state index is 12.2. The summed E-state index contributed by atoms with van der Waals surface area (Å²) >= 11 is 0. The van der Waals surface area contributed by atoms with Gasteiger partial charge in [0.15, 0.2) is 0 Å². The summed E-state index contributed by atoms with van der Waals surface area (Å²) in [6.07, 6.45) is 2.57. The normalized spacial score (nSPS) is 25.6. The lowest BCUT2D eigenvalue weighted by atomic mass is 9.94. The minimum Gasteiger partial charge on any atom is -0.325 e. The van der Waals surface area contributed by atoms with Gasteiger partial charge < -0.3 is 10.6 Å². The molecule has 0 saturated carbocycles. The van der Waals surface area contributed by atoms with Gasteiger partial charge in [-0.1, -0.05) is 6.07 Å². The summed E-state index contributed by atoms with van der Waals surface area (Å²) in [7, 11) is 0. The van der Waals surface area contributed by atoms with Gasteiger partial charge in [-0.25, -0.2) is 0 Å². The summed E-state index contributed by atoms with van der Waals surface area (Å²) in [5.41, 5.74) is 3.37. The van der Waals surface area contributed by atoms with Crippen molar-refractivity contribution in [2.24, 2.45) is 5.92 Å². The van der Waals surface area contributed by atoms with Crippen LogP contribution < -0.4 is 10.6 Å². The number of hydrogen-bond donors (Lipinski definition) is 2. The third-order valence-electron chi connectivity index (χ3n) is 4.83. The highest BCUT2D eigenvalue weighted by Gasteiger charge is 2.34. The molecule has 1 aromatic rings. The van der Waals surface area contributed by atoms with Crippen molar-refractivity contribution in [2.45, 2.75) is 32.7 Å². The molecule has 2 atom stereocenters. The van der Waals surface area contributed by atoms with E-state index in [4.69, 9.17) is 0 Å². The number of nitrogens with zero attached hydrogens (tertiary/aromatic N) is 1. The number of benzene rings is 1. The predicted octanol–water partition coefficient (Wildman–Crippen LogP) is 1.93. The summed E-state index contributed by atoms with van der Waals surface area (Å²) in [5.74, 6) is 0.824. The molecule has 0 aromatic heterocycles. The van der Waals surface area contributed by atoms with Crippen LogP contribution in [-0.4, -0.2) is 43.0 Å². The largest absolute Gasteiger partial charge is 0.325 e. The first-order valence-electron chi connectivity index (χ1n) is 7.94. The molecule has 0 radical (unpaired) electrons. The number of carbonyl (C=O) groups excluding carboxylic acids is 1. The highest BCUT2D eigenvalue weighted by molar-refractivity contribution is 5.92. The van der Waals surface area contributed by atoms with Crippen LogP contribution in [0, 0.1) is 19.8 Å². The van der Waals surface area contributed by atoms with E-state index in [0.717, 1.165) is 31.2 Å². The standard InChI is InChI=1S/C17H25N3O/c1-12-5-6-15(8-13(12)2)19-17(21)11-20-9-14-4-3-7-18-16(14)10-20/h5-6,8,14,16,18H,3-4,7,9-11H2,1-2H3,(H,19,21). The van der Waals surface area contributed by atoms with Crippen molar-refractivity contribution in [2.75, 3.05) is 31.5 Å². The molecule has 0 bridgehead atoms. The van der Waals surface area contributed by atoms with Gasteiger partial charge in [0.2, 0.25) is 5.91 Å². The van der Waals surface area contributed by atoms with Crippen LogP contribution in [0.25, 0.3) is 0 Å². The number of amides is 1. The number of anilines is 1. The topological polar surface area (TPSA) is 44.4 Å². The van der Waals surface area contributed by atoms with Crippen molar-refractivity contribution < 1.29 is 4.79 Å². The molecular weight excluding hydrogens is 262 g/mol. The number of likely N-dealkylation sites (tertiary alicyclic amines) is 1. The van der Waals surface area contributed by atoms with E-state index < -0.39 is 0 Å². The molecule has 0 aliphatic carbocycles. The average Bonchev–Trinajstić information content (AvgIpc) is 2.84.